The number of para-hydroxylation sites is 1. The van der Waals surface area contributed by atoms with Gasteiger partial charge in [0.15, 0.2) is 0 Å². The van der Waals surface area contributed by atoms with Gasteiger partial charge in [-0.05, 0) is 42.9 Å². The van der Waals surface area contributed by atoms with Crippen LogP contribution in [-0.2, 0) is 13.0 Å². The Morgan fingerprint density at radius 1 is 1.08 bits per heavy atom. The van der Waals surface area contributed by atoms with Gasteiger partial charge < -0.3 is 10.6 Å². The summed E-state index contributed by atoms with van der Waals surface area (Å²) in [5.41, 5.74) is 4.59. The van der Waals surface area contributed by atoms with Crippen LogP contribution in [0.5, 0.6) is 0 Å². The first-order valence-corrected chi connectivity index (χ1v) is 9.58. The minimum Gasteiger partial charge on any atom is -0.335 e. The van der Waals surface area contributed by atoms with Gasteiger partial charge in [-0.3, -0.25) is 4.90 Å². The molecule has 0 bridgehead atoms. The number of aryl methyl sites for hydroxylation is 2. The Morgan fingerprint density at radius 3 is 2.50 bits per heavy atom. The number of amides is 2. The molecule has 2 amide bonds. The smallest absolute Gasteiger partial charge is 0.319 e. The van der Waals surface area contributed by atoms with E-state index in [1.807, 2.05) is 19.1 Å². The molecule has 3 rings (SSSR count). The van der Waals surface area contributed by atoms with Gasteiger partial charge in [-0.1, -0.05) is 55.5 Å². The Bertz CT molecular complexity index is 721. The molecule has 1 aliphatic heterocycles. The SMILES string of the molecule is CCc1cccc(C)c1NC(=O)NC1CCN(Cc2ccccc2)CC1. The van der Waals surface area contributed by atoms with E-state index in [4.69, 9.17) is 0 Å². The van der Waals surface area contributed by atoms with Crippen LogP contribution < -0.4 is 10.6 Å². The van der Waals surface area contributed by atoms with E-state index in [9.17, 15) is 4.79 Å². The van der Waals surface area contributed by atoms with E-state index in [1.165, 1.54) is 11.1 Å². The number of nitrogens with one attached hydrogen (secondary N) is 2. The maximum Gasteiger partial charge on any atom is 0.319 e. The minimum atomic E-state index is -0.0875. The lowest BCUT2D eigenvalue weighted by atomic mass is 10.0. The summed E-state index contributed by atoms with van der Waals surface area (Å²) in [6, 6.07) is 16.9. The average molecular weight is 351 g/mol. The lowest BCUT2D eigenvalue weighted by Crippen LogP contribution is -2.45. The molecule has 0 aliphatic carbocycles. The standard InChI is InChI=1S/C22H29N3O/c1-3-19-11-7-8-17(2)21(19)24-22(26)23-20-12-14-25(15-13-20)16-18-9-5-4-6-10-18/h4-11,20H,3,12-16H2,1-2H3,(H2,23,24,26). The first-order valence-electron chi connectivity index (χ1n) is 9.58. The fourth-order valence-corrected chi connectivity index (χ4v) is 3.61. The van der Waals surface area contributed by atoms with Crippen molar-refractivity contribution in [3.8, 4) is 0 Å². The van der Waals surface area contributed by atoms with Crippen LogP contribution in [0.4, 0.5) is 10.5 Å². The Labute approximate surface area is 156 Å². The van der Waals surface area contributed by atoms with Crippen molar-refractivity contribution < 1.29 is 4.79 Å². The predicted molar refractivity (Wildman–Crippen MR) is 107 cm³/mol. The molecule has 0 saturated carbocycles. The first-order chi connectivity index (χ1) is 12.7. The molecule has 0 radical (unpaired) electrons. The normalized spacial score (nSPS) is 15.6. The molecule has 2 N–H and O–H groups in total. The lowest BCUT2D eigenvalue weighted by molar-refractivity contribution is 0.190. The second-order valence-corrected chi connectivity index (χ2v) is 7.10. The van der Waals surface area contributed by atoms with Crippen LogP contribution in [-0.4, -0.2) is 30.1 Å². The largest absolute Gasteiger partial charge is 0.335 e. The maximum atomic E-state index is 12.4. The van der Waals surface area contributed by atoms with Gasteiger partial charge in [-0.15, -0.1) is 0 Å². The summed E-state index contributed by atoms with van der Waals surface area (Å²) in [6.45, 7) is 7.18. The zero-order valence-corrected chi connectivity index (χ0v) is 15.8. The van der Waals surface area contributed by atoms with Crippen molar-refractivity contribution in [1.29, 1.82) is 0 Å². The third kappa shape index (κ3) is 4.85. The predicted octanol–water partition coefficient (Wildman–Crippen LogP) is 4.34. The van der Waals surface area contributed by atoms with Gasteiger partial charge in [-0.25, -0.2) is 4.79 Å². The van der Waals surface area contributed by atoms with Crippen LogP contribution in [0.1, 0.15) is 36.5 Å². The zero-order chi connectivity index (χ0) is 18.4. The van der Waals surface area contributed by atoms with Crippen molar-refractivity contribution in [3.05, 3.63) is 65.2 Å². The molecule has 138 valence electrons. The van der Waals surface area contributed by atoms with Crippen molar-refractivity contribution in [2.45, 2.75) is 45.7 Å². The molecule has 2 aromatic carbocycles. The highest BCUT2D eigenvalue weighted by Crippen LogP contribution is 2.21. The van der Waals surface area contributed by atoms with Crippen LogP contribution in [0.25, 0.3) is 0 Å². The Kier molecular flexibility index (Phi) is 6.29. The van der Waals surface area contributed by atoms with E-state index in [1.54, 1.807) is 0 Å². The highest BCUT2D eigenvalue weighted by atomic mass is 16.2. The van der Waals surface area contributed by atoms with Crippen LogP contribution >= 0.6 is 0 Å². The number of anilines is 1. The highest BCUT2D eigenvalue weighted by Gasteiger charge is 2.21. The molecule has 1 saturated heterocycles. The van der Waals surface area contributed by atoms with Gasteiger partial charge in [0, 0.05) is 31.4 Å². The number of rotatable bonds is 5. The number of hydrogen-bond acceptors (Lipinski definition) is 2. The third-order valence-corrected chi connectivity index (χ3v) is 5.15. The fraction of sp³-hybridized carbons (Fsp3) is 0.409. The molecule has 4 nitrogen and oxygen atoms in total. The molecular formula is C22H29N3O. The summed E-state index contributed by atoms with van der Waals surface area (Å²) >= 11 is 0. The van der Waals surface area contributed by atoms with Crippen molar-refractivity contribution >= 4 is 11.7 Å². The van der Waals surface area contributed by atoms with Crippen LogP contribution in [0.3, 0.4) is 0 Å². The van der Waals surface area contributed by atoms with E-state index in [2.05, 4.69) is 58.9 Å². The van der Waals surface area contributed by atoms with E-state index >= 15 is 0 Å². The van der Waals surface area contributed by atoms with Crippen molar-refractivity contribution in [1.82, 2.24) is 10.2 Å². The zero-order valence-electron chi connectivity index (χ0n) is 15.8. The number of urea groups is 1. The third-order valence-electron chi connectivity index (χ3n) is 5.15. The minimum absolute atomic E-state index is 0.0875. The number of nitrogens with zero attached hydrogens (tertiary/aromatic N) is 1. The number of carbonyl (C=O) groups is 1. The van der Waals surface area contributed by atoms with Crippen LogP contribution in [0.15, 0.2) is 48.5 Å². The summed E-state index contributed by atoms with van der Waals surface area (Å²) in [4.78, 5) is 14.9. The fourth-order valence-electron chi connectivity index (χ4n) is 3.61. The molecule has 0 spiro atoms. The Balaban J connectivity index is 1.48. The van der Waals surface area contributed by atoms with Gasteiger partial charge in [-0.2, -0.15) is 0 Å². The molecule has 0 aromatic heterocycles. The van der Waals surface area contributed by atoms with Gasteiger partial charge in [0.2, 0.25) is 0 Å². The van der Waals surface area contributed by atoms with Gasteiger partial charge in [0.05, 0.1) is 0 Å². The first kappa shape index (κ1) is 18.5. The van der Waals surface area contributed by atoms with Crippen molar-refractivity contribution in [2.75, 3.05) is 18.4 Å². The molecule has 2 aromatic rings. The molecule has 1 fully saturated rings. The van der Waals surface area contributed by atoms with E-state index in [0.717, 1.165) is 50.1 Å². The maximum absolute atomic E-state index is 12.4. The van der Waals surface area contributed by atoms with E-state index < -0.39 is 0 Å². The summed E-state index contributed by atoms with van der Waals surface area (Å²) in [5, 5.41) is 6.22. The van der Waals surface area contributed by atoms with Crippen LogP contribution in [0.2, 0.25) is 0 Å². The Morgan fingerprint density at radius 2 is 1.81 bits per heavy atom. The van der Waals surface area contributed by atoms with Crippen molar-refractivity contribution in [3.63, 3.8) is 0 Å². The number of carbonyl (C=O) groups excluding carboxylic acids is 1. The van der Waals surface area contributed by atoms with Gasteiger partial charge in [0.1, 0.15) is 0 Å². The number of piperidine rings is 1. The van der Waals surface area contributed by atoms with Gasteiger partial charge in [0.25, 0.3) is 0 Å². The lowest BCUT2D eigenvalue weighted by Gasteiger charge is -2.32. The topological polar surface area (TPSA) is 44.4 Å². The molecule has 4 heteroatoms. The molecular weight excluding hydrogens is 322 g/mol. The van der Waals surface area contributed by atoms with Crippen molar-refractivity contribution in [2.24, 2.45) is 0 Å². The molecule has 0 atom stereocenters. The monoisotopic (exact) mass is 351 g/mol. The quantitative estimate of drug-likeness (QED) is 0.841. The van der Waals surface area contributed by atoms with Gasteiger partial charge >= 0.3 is 6.03 Å². The Hall–Kier alpha value is -2.33. The van der Waals surface area contributed by atoms with E-state index in [-0.39, 0.29) is 12.1 Å². The summed E-state index contributed by atoms with van der Waals surface area (Å²) in [5.74, 6) is 0. The second kappa shape index (κ2) is 8.86. The number of likely N-dealkylation sites (tertiary alicyclic amines) is 1. The summed E-state index contributed by atoms with van der Waals surface area (Å²) in [6.07, 6.45) is 2.90. The second-order valence-electron chi connectivity index (χ2n) is 7.10. The summed E-state index contributed by atoms with van der Waals surface area (Å²) < 4.78 is 0. The molecule has 1 aliphatic rings. The average Bonchev–Trinajstić information content (AvgIpc) is 2.66. The number of hydrogen-bond donors (Lipinski definition) is 2. The molecule has 26 heavy (non-hydrogen) atoms. The van der Waals surface area contributed by atoms with Crippen LogP contribution in [0, 0.1) is 6.92 Å². The molecule has 1 heterocycles. The molecule has 0 unspecified atom stereocenters. The van der Waals surface area contributed by atoms with E-state index in [0.29, 0.717) is 0 Å². The summed E-state index contributed by atoms with van der Waals surface area (Å²) in [7, 11) is 0. The highest BCUT2D eigenvalue weighted by molar-refractivity contribution is 5.91. The number of benzene rings is 2.